The van der Waals surface area contributed by atoms with Crippen molar-refractivity contribution in [3.63, 3.8) is 0 Å². The molecule has 2 atom stereocenters. The molecule has 31 heavy (non-hydrogen) atoms. The normalized spacial score (nSPS) is 26.1. The lowest BCUT2D eigenvalue weighted by atomic mass is 9.93. The first kappa shape index (κ1) is 22.8. The molecule has 168 valence electrons. The highest BCUT2D eigenvalue weighted by Crippen LogP contribution is 2.48. The van der Waals surface area contributed by atoms with Crippen LogP contribution in [0, 0.1) is 0 Å². The second kappa shape index (κ2) is 10.0. The molecule has 5 rings (SSSR count). The molecule has 2 aliphatic heterocycles. The second-order valence-corrected chi connectivity index (χ2v) is 10.1. The van der Waals surface area contributed by atoms with Crippen LogP contribution in [0.3, 0.4) is 0 Å². The van der Waals surface area contributed by atoms with Crippen molar-refractivity contribution in [1.82, 2.24) is 20.4 Å². The van der Waals surface area contributed by atoms with E-state index in [1.165, 1.54) is 16.7 Å². The van der Waals surface area contributed by atoms with Gasteiger partial charge in [-0.25, -0.2) is 0 Å². The third-order valence-corrected chi connectivity index (χ3v) is 7.42. The van der Waals surface area contributed by atoms with E-state index in [9.17, 15) is 0 Å². The van der Waals surface area contributed by atoms with Gasteiger partial charge in [0.15, 0.2) is 0 Å². The molecule has 0 unspecified atom stereocenters. The zero-order chi connectivity index (χ0) is 21.8. The molecule has 0 radical (unpaired) electrons. The maximum Gasteiger partial charge on any atom is 0.0409 e. The van der Waals surface area contributed by atoms with Crippen LogP contribution in [0.25, 0.3) is 0 Å². The Labute approximate surface area is 193 Å². The van der Waals surface area contributed by atoms with Crippen molar-refractivity contribution < 1.29 is 0 Å². The van der Waals surface area contributed by atoms with Crippen LogP contribution in [0.2, 0.25) is 5.02 Å². The summed E-state index contributed by atoms with van der Waals surface area (Å²) < 4.78 is 0. The molecule has 2 aromatic carbocycles. The first-order valence-corrected chi connectivity index (χ1v) is 12.0. The standard InChI is InChI=1S/C22H27ClN2.C4H10N2/c1-22(2)15-25(12-11-24(22)3)21-14-19(16-7-5-4-6-8-16)18-10-9-17(23)13-20(18)21;1-2-6-4-3-5-1/h4-10,13,19,21H,11-12,14-15H2,1-3H3;5-6H,1-4H2/t19-,21+;/m0./s1. The first-order chi connectivity index (χ1) is 15.0. The minimum absolute atomic E-state index is 0.210. The van der Waals surface area contributed by atoms with Gasteiger partial charge in [0.1, 0.15) is 0 Å². The molecular weight excluding hydrogens is 404 g/mol. The number of benzene rings is 2. The predicted molar refractivity (Wildman–Crippen MR) is 131 cm³/mol. The Hall–Kier alpha value is -1.43. The summed E-state index contributed by atoms with van der Waals surface area (Å²) in [7, 11) is 2.24. The SMILES string of the molecule is C1CNCCN1.CN1CCN([C@@H]2C[C@@H](c3ccccc3)c3ccc(Cl)cc32)CC1(C)C. The summed E-state index contributed by atoms with van der Waals surface area (Å²) in [6.45, 7) is 12.6. The highest BCUT2D eigenvalue weighted by molar-refractivity contribution is 6.30. The molecule has 0 aromatic heterocycles. The van der Waals surface area contributed by atoms with Crippen molar-refractivity contribution in [2.24, 2.45) is 0 Å². The van der Waals surface area contributed by atoms with Crippen LogP contribution in [-0.4, -0.2) is 68.2 Å². The van der Waals surface area contributed by atoms with Gasteiger partial charge in [0.2, 0.25) is 0 Å². The molecular formula is C26H37ClN4. The van der Waals surface area contributed by atoms with Crippen LogP contribution in [0.5, 0.6) is 0 Å². The highest BCUT2D eigenvalue weighted by atomic mass is 35.5. The van der Waals surface area contributed by atoms with Gasteiger partial charge in [-0.3, -0.25) is 9.80 Å². The van der Waals surface area contributed by atoms with Crippen LogP contribution in [0.15, 0.2) is 48.5 Å². The van der Waals surface area contributed by atoms with Gasteiger partial charge >= 0.3 is 0 Å². The number of nitrogens with one attached hydrogen (secondary N) is 2. The Morgan fingerprint density at radius 3 is 2.19 bits per heavy atom. The monoisotopic (exact) mass is 440 g/mol. The van der Waals surface area contributed by atoms with Crippen LogP contribution in [0.4, 0.5) is 0 Å². The smallest absolute Gasteiger partial charge is 0.0409 e. The van der Waals surface area contributed by atoms with E-state index in [2.05, 4.69) is 83.8 Å². The van der Waals surface area contributed by atoms with Crippen LogP contribution in [0.1, 0.15) is 48.9 Å². The number of rotatable bonds is 2. The van der Waals surface area contributed by atoms with E-state index in [4.69, 9.17) is 11.6 Å². The summed E-state index contributed by atoms with van der Waals surface area (Å²) in [5, 5.41) is 7.30. The first-order valence-electron chi connectivity index (χ1n) is 11.7. The fraction of sp³-hybridized carbons (Fsp3) is 0.538. The third kappa shape index (κ3) is 5.32. The van der Waals surface area contributed by atoms with E-state index in [0.29, 0.717) is 12.0 Å². The summed E-state index contributed by atoms with van der Waals surface area (Å²) >= 11 is 6.37. The largest absolute Gasteiger partial charge is 0.314 e. The highest BCUT2D eigenvalue weighted by Gasteiger charge is 2.40. The summed E-state index contributed by atoms with van der Waals surface area (Å²) in [6, 6.07) is 17.9. The topological polar surface area (TPSA) is 30.5 Å². The minimum Gasteiger partial charge on any atom is -0.314 e. The van der Waals surface area contributed by atoms with Crippen molar-refractivity contribution in [3.8, 4) is 0 Å². The maximum atomic E-state index is 6.37. The van der Waals surface area contributed by atoms with Crippen LogP contribution < -0.4 is 10.6 Å². The van der Waals surface area contributed by atoms with Gasteiger partial charge in [0, 0.05) is 68.3 Å². The fourth-order valence-electron chi connectivity index (χ4n) is 5.12. The molecule has 2 fully saturated rings. The predicted octanol–water partition coefficient (Wildman–Crippen LogP) is 4.12. The Bertz CT molecular complexity index is 838. The van der Waals surface area contributed by atoms with Crippen molar-refractivity contribution in [2.75, 3.05) is 52.9 Å². The summed E-state index contributed by atoms with van der Waals surface area (Å²) in [5.41, 5.74) is 4.52. The molecule has 0 amide bonds. The number of likely N-dealkylation sites (N-methyl/N-ethyl adjacent to an activating group) is 1. The van der Waals surface area contributed by atoms with Gasteiger partial charge in [-0.2, -0.15) is 0 Å². The molecule has 2 saturated heterocycles. The number of hydrogen-bond donors (Lipinski definition) is 2. The van der Waals surface area contributed by atoms with Gasteiger partial charge in [-0.05, 0) is 56.1 Å². The third-order valence-electron chi connectivity index (χ3n) is 7.19. The molecule has 5 heteroatoms. The Kier molecular flexibility index (Phi) is 7.35. The average Bonchev–Trinajstić information content (AvgIpc) is 3.16. The van der Waals surface area contributed by atoms with Gasteiger partial charge < -0.3 is 10.6 Å². The molecule has 3 aliphatic rings. The molecule has 1 aliphatic carbocycles. The van der Waals surface area contributed by atoms with Crippen LogP contribution in [-0.2, 0) is 0 Å². The van der Waals surface area contributed by atoms with E-state index >= 15 is 0 Å². The van der Waals surface area contributed by atoms with E-state index in [1.807, 2.05) is 6.07 Å². The number of piperazine rings is 2. The molecule has 0 saturated carbocycles. The molecule has 0 spiro atoms. The Morgan fingerprint density at radius 2 is 1.58 bits per heavy atom. The van der Waals surface area contributed by atoms with Crippen molar-refractivity contribution in [2.45, 2.75) is 37.8 Å². The molecule has 4 nitrogen and oxygen atoms in total. The molecule has 2 heterocycles. The van der Waals surface area contributed by atoms with Crippen molar-refractivity contribution >= 4 is 11.6 Å². The van der Waals surface area contributed by atoms with Gasteiger partial charge in [-0.1, -0.05) is 48.0 Å². The van der Waals surface area contributed by atoms with Gasteiger partial charge in [-0.15, -0.1) is 0 Å². The zero-order valence-electron chi connectivity index (χ0n) is 19.2. The van der Waals surface area contributed by atoms with E-state index in [-0.39, 0.29) is 5.54 Å². The number of nitrogens with zero attached hydrogens (tertiary/aromatic N) is 2. The van der Waals surface area contributed by atoms with Crippen molar-refractivity contribution in [1.29, 1.82) is 0 Å². The number of halogens is 1. The Morgan fingerprint density at radius 1 is 0.903 bits per heavy atom. The second-order valence-electron chi connectivity index (χ2n) is 9.69. The lowest BCUT2D eigenvalue weighted by Gasteiger charge is -2.47. The summed E-state index contributed by atoms with van der Waals surface area (Å²) in [4.78, 5) is 5.16. The quantitative estimate of drug-likeness (QED) is 0.735. The fourth-order valence-corrected chi connectivity index (χ4v) is 5.30. The molecule has 2 aromatic rings. The van der Waals surface area contributed by atoms with Crippen LogP contribution >= 0.6 is 11.6 Å². The lowest BCUT2D eigenvalue weighted by molar-refractivity contribution is 0.0158. The number of hydrogen-bond acceptors (Lipinski definition) is 4. The van der Waals surface area contributed by atoms with E-state index in [0.717, 1.165) is 57.3 Å². The summed E-state index contributed by atoms with van der Waals surface area (Å²) in [6.07, 6.45) is 1.15. The van der Waals surface area contributed by atoms with Gasteiger partial charge in [0.05, 0.1) is 0 Å². The lowest BCUT2D eigenvalue weighted by Crippen LogP contribution is -2.58. The maximum absolute atomic E-state index is 6.37. The molecule has 0 bridgehead atoms. The zero-order valence-corrected chi connectivity index (χ0v) is 20.0. The average molecular weight is 441 g/mol. The number of fused-ring (bicyclic) bond motifs is 1. The van der Waals surface area contributed by atoms with E-state index < -0.39 is 0 Å². The van der Waals surface area contributed by atoms with Crippen molar-refractivity contribution in [3.05, 3.63) is 70.2 Å². The molecule has 2 N–H and O–H groups in total. The Balaban J connectivity index is 0.000000334. The summed E-state index contributed by atoms with van der Waals surface area (Å²) in [5.74, 6) is 0.473. The minimum atomic E-state index is 0.210. The van der Waals surface area contributed by atoms with E-state index in [1.54, 1.807) is 0 Å². The van der Waals surface area contributed by atoms with Gasteiger partial charge in [0.25, 0.3) is 0 Å².